The van der Waals surface area contributed by atoms with Gasteiger partial charge >= 0.3 is 0 Å². The minimum Gasteiger partial charge on any atom is -0.375 e. The Hall–Kier alpha value is -1.50. The molecule has 0 radical (unpaired) electrons. The van der Waals surface area contributed by atoms with E-state index in [-0.39, 0.29) is 5.11 Å². The molecule has 6 heteroatoms. The van der Waals surface area contributed by atoms with Crippen LogP contribution in [-0.4, -0.2) is 18.4 Å². The van der Waals surface area contributed by atoms with Gasteiger partial charge in [-0.25, -0.2) is 0 Å². The van der Waals surface area contributed by atoms with Gasteiger partial charge in [-0.05, 0) is 30.4 Å². The molecule has 5 N–H and O–H groups in total. The molecule has 0 aromatic heterocycles. The van der Waals surface area contributed by atoms with Crippen molar-refractivity contribution in [3.63, 3.8) is 0 Å². The predicted octanol–water partition coefficient (Wildman–Crippen LogP) is 0.0777. The number of benzene rings is 1. The first kappa shape index (κ1) is 12.6. The van der Waals surface area contributed by atoms with Crippen LogP contribution >= 0.6 is 12.2 Å². The second-order valence-electron chi connectivity index (χ2n) is 3.08. The molecule has 0 atom stereocenters. The van der Waals surface area contributed by atoms with Gasteiger partial charge < -0.3 is 5.73 Å². The third kappa shape index (κ3) is 4.83. The summed E-state index contributed by atoms with van der Waals surface area (Å²) in [5.41, 5.74) is 15.8. The number of rotatable bonds is 5. The van der Waals surface area contributed by atoms with E-state index in [0.29, 0.717) is 0 Å². The average molecular weight is 237 g/mol. The quantitative estimate of drug-likeness (QED) is 0.331. The van der Waals surface area contributed by atoms with E-state index >= 15 is 0 Å². The zero-order valence-corrected chi connectivity index (χ0v) is 9.84. The van der Waals surface area contributed by atoms with Crippen molar-refractivity contribution < 1.29 is 0 Å². The van der Waals surface area contributed by atoms with Gasteiger partial charge in [0.2, 0.25) is 0 Å². The fraction of sp³-hybridized carbons (Fsp3) is 0.200. The summed E-state index contributed by atoms with van der Waals surface area (Å²) in [6.45, 7) is 0.777. The van der Waals surface area contributed by atoms with Gasteiger partial charge in [0.15, 0.2) is 5.11 Å². The monoisotopic (exact) mass is 237 g/mol. The van der Waals surface area contributed by atoms with Crippen molar-refractivity contribution in [1.29, 1.82) is 0 Å². The number of hydrogen-bond acceptors (Lipinski definition) is 4. The van der Waals surface area contributed by atoms with Gasteiger partial charge in [0.05, 0.1) is 6.21 Å². The van der Waals surface area contributed by atoms with Crippen molar-refractivity contribution in [1.82, 2.24) is 16.3 Å². The van der Waals surface area contributed by atoms with Gasteiger partial charge in [0, 0.05) is 6.54 Å². The van der Waals surface area contributed by atoms with E-state index in [1.807, 2.05) is 31.3 Å². The number of nitrogens with one attached hydrogen (secondary N) is 3. The van der Waals surface area contributed by atoms with E-state index in [1.54, 1.807) is 6.21 Å². The number of hydrazine groups is 1. The van der Waals surface area contributed by atoms with Gasteiger partial charge in [0.1, 0.15) is 0 Å². The normalized spacial score (nSPS) is 10.6. The van der Waals surface area contributed by atoms with E-state index in [1.165, 1.54) is 5.56 Å². The van der Waals surface area contributed by atoms with Crippen LogP contribution in [0.1, 0.15) is 11.1 Å². The van der Waals surface area contributed by atoms with Crippen molar-refractivity contribution in [2.75, 3.05) is 7.05 Å². The maximum absolute atomic E-state index is 5.23. The van der Waals surface area contributed by atoms with Crippen LogP contribution in [0.4, 0.5) is 0 Å². The van der Waals surface area contributed by atoms with Crippen molar-refractivity contribution in [3.8, 4) is 0 Å². The van der Waals surface area contributed by atoms with Gasteiger partial charge in [-0.15, -0.1) is 0 Å². The molecule has 5 nitrogen and oxygen atoms in total. The molecule has 0 aliphatic rings. The molecule has 16 heavy (non-hydrogen) atoms. The third-order valence-corrected chi connectivity index (χ3v) is 1.93. The average Bonchev–Trinajstić information content (AvgIpc) is 2.27. The van der Waals surface area contributed by atoms with E-state index in [0.717, 1.165) is 12.1 Å². The molecule has 0 aliphatic heterocycles. The molecule has 0 heterocycles. The first-order valence-electron chi connectivity index (χ1n) is 4.79. The van der Waals surface area contributed by atoms with Crippen molar-refractivity contribution >= 4 is 23.5 Å². The highest BCUT2D eigenvalue weighted by atomic mass is 32.1. The van der Waals surface area contributed by atoms with Gasteiger partial charge in [-0.2, -0.15) is 5.10 Å². The molecular formula is C10H15N5S. The molecule has 1 rings (SSSR count). The van der Waals surface area contributed by atoms with E-state index in [9.17, 15) is 0 Å². The standard InChI is InChI=1S/C10H15N5S/c1-12-13-6-8-2-4-9(5-3-8)7-14-15-10(11)16/h2-5,7,12-13H,6H2,1H3,(H3,11,15,16)/b14-7-. The molecule has 1 aromatic rings. The van der Waals surface area contributed by atoms with Crippen LogP contribution in [0.5, 0.6) is 0 Å². The predicted molar refractivity (Wildman–Crippen MR) is 69.9 cm³/mol. The number of thiocarbonyl (C=S) groups is 1. The van der Waals surface area contributed by atoms with Crippen LogP contribution in [0.15, 0.2) is 29.4 Å². The number of nitrogens with two attached hydrogens (primary N) is 1. The van der Waals surface area contributed by atoms with Crippen molar-refractivity contribution in [2.45, 2.75) is 6.54 Å². The zero-order chi connectivity index (χ0) is 11.8. The summed E-state index contributed by atoms with van der Waals surface area (Å²) in [5, 5.41) is 4.02. The largest absolute Gasteiger partial charge is 0.375 e. The Morgan fingerprint density at radius 3 is 2.69 bits per heavy atom. The number of nitrogens with zero attached hydrogens (tertiary/aromatic N) is 1. The molecule has 0 saturated carbocycles. The van der Waals surface area contributed by atoms with Crippen LogP contribution in [-0.2, 0) is 6.54 Å². The SMILES string of the molecule is CNNCc1ccc(/C=N\NC(N)=S)cc1. The Morgan fingerprint density at radius 1 is 1.44 bits per heavy atom. The lowest BCUT2D eigenvalue weighted by molar-refractivity contribution is 0.596. The van der Waals surface area contributed by atoms with Crippen LogP contribution in [0.2, 0.25) is 0 Å². The topological polar surface area (TPSA) is 74.5 Å². The molecule has 0 saturated heterocycles. The Morgan fingerprint density at radius 2 is 2.12 bits per heavy atom. The van der Waals surface area contributed by atoms with Gasteiger partial charge in [0.25, 0.3) is 0 Å². The molecule has 1 aromatic carbocycles. The molecule has 86 valence electrons. The second-order valence-corrected chi connectivity index (χ2v) is 3.52. The zero-order valence-electron chi connectivity index (χ0n) is 9.03. The Kier molecular flexibility index (Phi) is 5.41. The second kappa shape index (κ2) is 6.89. The van der Waals surface area contributed by atoms with E-state index < -0.39 is 0 Å². The fourth-order valence-corrected chi connectivity index (χ4v) is 1.14. The fourth-order valence-electron chi connectivity index (χ4n) is 1.08. The Labute approximate surface area is 100 Å². The van der Waals surface area contributed by atoms with Crippen molar-refractivity contribution in [2.24, 2.45) is 10.8 Å². The summed E-state index contributed by atoms with van der Waals surface area (Å²) in [4.78, 5) is 0. The minimum absolute atomic E-state index is 0.158. The summed E-state index contributed by atoms with van der Waals surface area (Å²) < 4.78 is 0. The first-order chi connectivity index (χ1) is 7.72. The summed E-state index contributed by atoms with van der Waals surface area (Å²) in [5.74, 6) is 0. The lowest BCUT2D eigenvalue weighted by Gasteiger charge is -2.02. The van der Waals surface area contributed by atoms with Crippen LogP contribution < -0.4 is 22.0 Å². The van der Waals surface area contributed by atoms with Crippen LogP contribution in [0.25, 0.3) is 0 Å². The van der Waals surface area contributed by atoms with Crippen LogP contribution in [0.3, 0.4) is 0 Å². The third-order valence-electron chi connectivity index (χ3n) is 1.84. The van der Waals surface area contributed by atoms with Gasteiger partial charge in [-0.1, -0.05) is 24.3 Å². The lowest BCUT2D eigenvalue weighted by atomic mass is 10.1. The van der Waals surface area contributed by atoms with Crippen LogP contribution in [0, 0.1) is 0 Å². The number of hydrogen-bond donors (Lipinski definition) is 4. The first-order valence-corrected chi connectivity index (χ1v) is 5.20. The maximum Gasteiger partial charge on any atom is 0.184 e. The Bertz CT molecular complexity index is 360. The highest BCUT2D eigenvalue weighted by Gasteiger charge is 1.91. The summed E-state index contributed by atoms with van der Waals surface area (Å²) in [7, 11) is 1.84. The summed E-state index contributed by atoms with van der Waals surface area (Å²) in [6.07, 6.45) is 1.66. The maximum atomic E-state index is 5.23. The molecular weight excluding hydrogens is 222 g/mol. The minimum atomic E-state index is 0.158. The van der Waals surface area contributed by atoms with E-state index in [4.69, 9.17) is 5.73 Å². The molecule has 0 unspecified atom stereocenters. The highest BCUT2D eigenvalue weighted by molar-refractivity contribution is 7.80. The van der Waals surface area contributed by atoms with E-state index in [2.05, 4.69) is 33.6 Å². The Balaban J connectivity index is 2.50. The summed E-state index contributed by atoms with van der Waals surface area (Å²) >= 11 is 4.62. The molecule has 0 fully saturated rings. The molecule has 0 amide bonds. The molecule has 0 aliphatic carbocycles. The number of hydrazone groups is 1. The van der Waals surface area contributed by atoms with Gasteiger partial charge in [-0.3, -0.25) is 16.3 Å². The van der Waals surface area contributed by atoms with Crippen molar-refractivity contribution in [3.05, 3.63) is 35.4 Å². The highest BCUT2D eigenvalue weighted by Crippen LogP contribution is 2.01. The lowest BCUT2D eigenvalue weighted by Crippen LogP contribution is -2.26. The molecule has 0 bridgehead atoms. The smallest absolute Gasteiger partial charge is 0.184 e. The summed E-state index contributed by atoms with van der Waals surface area (Å²) in [6, 6.07) is 7.98. The molecule has 0 spiro atoms.